The lowest BCUT2D eigenvalue weighted by Gasteiger charge is -2.30. The summed E-state index contributed by atoms with van der Waals surface area (Å²) < 4.78 is 35.4. The van der Waals surface area contributed by atoms with Crippen molar-refractivity contribution >= 4 is 71.5 Å². The molecule has 4 heterocycles. The zero-order valence-electron chi connectivity index (χ0n) is 26.4. The molecule has 0 fully saturated rings. The largest absolute Gasteiger partial charge is 0.494 e. The fraction of sp³-hybridized carbons (Fsp3) is 0.323. The van der Waals surface area contributed by atoms with Gasteiger partial charge in [0.2, 0.25) is 16.0 Å². The predicted octanol–water partition coefficient (Wildman–Crippen LogP) is 5.64. The van der Waals surface area contributed by atoms with Gasteiger partial charge in [0.25, 0.3) is 0 Å². The molecule has 0 unspecified atom stereocenters. The van der Waals surface area contributed by atoms with Crippen molar-refractivity contribution in [3.63, 3.8) is 0 Å². The molecule has 0 aliphatic carbocycles. The molecule has 0 atom stereocenters. The van der Waals surface area contributed by atoms with E-state index in [4.69, 9.17) is 9.72 Å². The molecule has 3 aromatic heterocycles. The van der Waals surface area contributed by atoms with Gasteiger partial charge in [0.05, 0.1) is 40.9 Å². The smallest absolute Gasteiger partial charge is 0.232 e. The Balaban J connectivity index is 1.42. The van der Waals surface area contributed by atoms with Gasteiger partial charge in [-0.05, 0) is 54.9 Å². The molecule has 5 aromatic rings. The van der Waals surface area contributed by atoms with Crippen LogP contribution in [0.25, 0.3) is 22.2 Å². The number of hydrogen-bond acceptors (Lipinski definition) is 11. The third-order valence-corrected chi connectivity index (χ3v) is 9.81. The minimum absolute atomic E-state index is 0.200. The van der Waals surface area contributed by atoms with E-state index in [1.54, 1.807) is 38.6 Å². The fourth-order valence-electron chi connectivity index (χ4n) is 5.85. The van der Waals surface area contributed by atoms with Crippen molar-refractivity contribution in [1.82, 2.24) is 29.7 Å². The molecule has 2 aromatic carbocycles. The summed E-state index contributed by atoms with van der Waals surface area (Å²) in [5.41, 5.74) is 6.92. The monoisotopic (exact) mass is 706 g/mol. The third-order valence-electron chi connectivity index (χ3n) is 7.99. The number of aromatic nitrogens is 6. The Morgan fingerprint density at radius 2 is 1.85 bits per heavy atom. The van der Waals surface area contributed by atoms with E-state index in [9.17, 15) is 8.42 Å². The van der Waals surface area contributed by atoms with Gasteiger partial charge < -0.3 is 20.3 Å². The van der Waals surface area contributed by atoms with Gasteiger partial charge in [0, 0.05) is 79.8 Å². The molecular weight excluding hydrogens is 672 g/mol. The van der Waals surface area contributed by atoms with Crippen LogP contribution in [0, 0.1) is 0 Å². The average molecular weight is 708 g/mol. The van der Waals surface area contributed by atoms with Crippen molar-refractivity contribution in [1.29, 1.82) is 0 Å². The number of anilines is 6. The van der Waals surface area contributed by atoms with Crippen LogP contribution in [0.4, 0.5) is 34.5 Å². The van der Waals surface area contributed by atoms with E-state index in [2.05, 4.69) is 71.4 Å². The van der Waals surface area contributed by atoms with E-state index in [1.165, 1.54) is 16.8 Å². The molecule has 6 rings (SSSR count). The maximum Gasteiger partial charge on any atom is 0.232 e. The second-order valence-corrected chi connectivity index (χ2v) is 14.0. The Labute approximate surface area is 276 Å². The Morgan fingerprint density at radius 3 is 2.57 bits per heavy atom. The van der Waals surface area contributed by atoms with Crippen molar-refractivity contribution in [2.24, 2.45) is 7.05 Å². The van der Waals surface area contributed by atoms with Crippen LogP contribution in [0.1, 0.15) is 26.5 Å². The third kappa shape index (κ3) is 5.80. The van der Waals surface area contributed by atoms with E-state index in [-0.39, 0.29) is 12.6 Å². The van der Waals surface area contributed by atoms with E-state index < -0.39 is 10.0 Å². The first-order valence-electron chi connectivity index (χ1n) is 14.8. The number of hydrogen-bond donors (Lipinski definition) is 2. The second-order valence-electron chi connectivity index (χ2n) is 11.2. The average Bonchev–Trinajstić information content (AvgIpc) is 3.30. The van der Waals surface area contributed by atoms with Crippen LogP contribution in [-0.2, 0) is 23.5 Å². The topological polar surface area (TPSA) is 143 Å². The van der Waals surface area contributed by atoms with Crippen molar-refractivity contribution in [2.75, 3.05) is 46.3 Å². The molecule has 0 saturated heterocycles. The van der Waals surface area contributed by atoms with Crippen molar-refractivity contribution in [3.8, 4) is 16.9 Å². The molecule has 0 amide bonds. The van der Waals surface area contributed by atoms with E-state index in [0.29, 0.717) is 50.1 Å². The zero-order valence-corrected chi connectivity index (χ0v) is 28.8. The van der Waals surface area contributed by atoms with E-state index in [1.807, 2.05) is 24.0 Å². The summed E-state index contributed by atoms with van der Waals surface area (Å²) in [6.07, 6.45) is 8.68. The quantitative estimate of drug-likeness (QED) is 0.197. The number of fused-ring (bicyclic) bond motifs is 4. The Morgan fingerprint density at radius 1 is 1.07 bits per heavy atom. The highest BCUT2D eigenvalue weighted by atomic mass is 79.9. The SMILES string of the molecule is CCN(c1c(Nc2nc(Nc3cc4c(cc3OC)N(C(C)C)CCc3c-4cnn3C)ncc2Br)ccc2nccnc12)S(C)(=O)=O. The highest BCUT2D eigenvalue weighted by molar-refractivity contribution is 9.10. The summed E-state index contributed by atoms with van der Waals surface area (Å²) in [4.78, 5) is 20.5. The molecule has 240 valence electrons. The summed E-state index contributed by atoms with van der Waals surface area (Å²) in [5, 5.41) is 11.2. The molecule has 1 aliphatic heterocycles. The lowest BCUT2D eigenvalue weighted by atomic mass is 10.0. The molecule has 0 saturated carbocycles. The molecule has 0 spiro atoms. The summed E-state index contributed by atoms with van der Waals surface area (Å²) in [6.45, 7) is 7.20. The summed E-state index contributed by atoms with van der Waals surface area (Å²) in [6, 6.07) is 7.93. The molecule has 0 bridgehead atoms. The minimum Gasteiger partial charge on any atom is -0.494 e. The lowest BCUT2D eigenvalue weighted by molar-refractivity contribution is 0.416. The van der Waals surface area contributed by atoms with Gasteiger partial charge in [-0.2, -0.15) is 10.1 Å². The predicted molar refractivity (Wildman–Crippen MR) is 185 cm³/mol. The number of aryl methyl sites for hydroxylation is 1. The second kappa shape index (κ2) is 12.4. The summed E-state index contributed by atoms with van der Waals surface area (Å²) in [7, 11) is -0.0246. The normalized spacial score (nSPS) is 12.9. The first-order valence-corrected chi connectivity index (χ1v) is 17.4. The Bertz CT molecular complexity index is 2050. The standard InChI is InChI=1S/C31H35BrN10O3S/c1-7-42(46(6,43)44)29-23(9-8-22-28(29)34-12-11-33-22)37-30-21(32)17-35-31(39-30)38-24-14-19-20-16-36-40(4)25(20)10-13-41(18(2)3)26(19)15-27(24)45-5/h8-9,11-12,14-18H,7,10,13H2,1-6H3,(H2,35,37,38,39). The van der Waals surface area contributed by atoms with Crippen LogP contribution in [0.3, 0.4) is 0 Å². The summed E-state index contributed by atoms with van der Waals surface area (Å²) in [5.74, 6) is 1.36. The molecule has 2 N–H and O–H groups in total. The maximum atomic E-state index is 12.8. The van der Waals surface area contributed by atoms with E-state index in [0.717, 1.165) is 35.5 Å². The molecule has 15 heteroatoms. The van der Waals surface area contributed by atoms with E-state index >= 15 is 0 Å². The van der Waals surface area contributed by atoms with Crippen molar-refractivity contribution in [3.05, 3.63) is 59.2 Å². The minimum atomic E-state index is -3.63. The lowest BCUT2D eigenvalue weighted by Crippen LogP contribution is -2.32. The Kier molecular flexibility index (Phi) is 8.46. The number of nitrogens with zero attached hydrogens (tertiary/aromatic N) is 8. The number of benzene rings is 2. The van der Waals surface area contributed by atoms with Crippen molar-refractivity contribution in [2.45, 2.75) is 33.2 Å². The Hall–Kier alpha value is -4.50. The number of methoxy groups -OCH3 is 1. The highest BCUT2D eigenvalue weighted by Crippen LogP contribution is 2.44. The number of sulfonamides is 1. The molecule has 1 aliphatic rings. The van der Waals surface area contributed by atoms with Gasteiger partial charge in [-0.3, -0.25) is 19.0 Å². The van der Waals surface area contributed by atoms with Gasteiger partial charge in [-0.15, -0.1) is 0 Å². The molecule has 13 nitrogen and oxygen atoms in total. The van der Waals surface area contributed by atoms with Crippen LogP contribution in [0.15, 0.2) is 53.5 Å². The molecular formula is C31H35BrN10O3S. The van der Waals surface area contributed by atoms with Gasteiger partial charge in [0.15, 0.2) is 0 Å². The highest BCUT2D eigenvalue weighted by Gasteiger charge is 2.27. The molecule has 46 heavy (non-hydrogen) atoms. The zero-order chi connectivity index (χ0) is 32.7. The molecule has 0 radical (unpaired) electrons. The van der Waals surface area contributed by atoms with Gasteiger partial charge >= 0.3 is 0 Å². The van der Waals surface area contributed by atoms with Gasteiger partial charge in [0.1, 0.15) is 22.8 Å². The number of rotatable bonds is 9. The summed E-state index contributed by atoms with van der Waals surface area (Å²) >= 11 is 3.55. The number of ether oxygens (including phenoxy) is 1. The van der Waals surface area contributed by atoms with Crippen molar-refractivity contribution < 1.29 is 13.2 Å². The first-order chi connectivity index (χ1) is 22.0. The maximum absolute atomic E-state index is 12.8. The fourth-order valence-corrected chi connectivity index (χ4v) is 7.13. The van der Waals surface area contributed by atoms with Crippen LogP contribution < -0.4 is 24.6 Å². The van der Waals surface area contributed by atoms with Crippen LogP contribution >= 0.6 is 15.9 Å². The van der Waals surface area contributed by atoms with Crippen LogP contribution in [0.2, 0.25) is 0 Å². The van der Waals surface area contributed by atoms with Gasteiger partial charge in [-0.25, -0.2) is 13.4 Å². The van der Waals surface area contributed by atoms with Crippen LogP contribution in [-0.4, -0.2) is 70.6 Å². The van der Waals surface area contributed by atoms with Crippen LogP contribution in [0.5, 0.6) is 5.75 Å². The number of halogens is 1. The number of nitrogens with one attached hydrogen (secondary N) is 2. The van der Waals surface area contributed by atoms with Gasteiger partial charge in [-0.1, -0.05) is 0 Å². The first kappa shape index (κ1) is 31.5.